The highest BCUT2D eigenvalue weighted by Crippen LogP contribution is 2.22. The number of aromatic carboxylic acids is 1. The Morgan fingerprint density at radius 1 is 1.35 bits per heavy atom. The third kappa shape index (κ3) is 5.12. The fourth-order valence-corrected chi connectivity index (χ4v) is 3.47. The summed E-state index contributed by atoms with van der Waals surface area (Å²) < 4.78 is 31.5. The van der Waals surface area contributed by atoms with Gasteiger partial charge < -0.3 is 14.9 Å². The average Bonchev–Trinajstić information content (AvgIpc) is 2.50. The van der Waals surface area contributed by atoms with Crippen molar-refractivity contribution in [3.05, 3.63) is 23.8 Å². The Kier molecular flexibility index (Phi) is 6.85. The van der Waals surface area contributed by atoms with Gasteiger partial charge in [0.05, 0.1) is 12.0 Å². The van der Waals surface area contributed by atoms with Gasteiger partial charge in [0.25, 0.3) is 0 Å². The second-order valence-corrected chi connectivity index (χ2v) is 7.16. The zero-order valence-corrected chi connectivity index (χ0v) is 14.1. The molecule has 0 aliphatic carbocycles. The molecule has 1 aromatic rings. The molecule has 0 amide bonds. The molecule has 8 nitrogen and oxygen atoms in total. The van der Waals surface area contributed by atoms with Crippen molar-refractivity contribution in [2.24, 2.45) is 0 Å². The van der Waals surface area contributed by atoms with E-state index in [0.717, 1.165) is 12.1 Å². The maximum absolute atomic E-state index is 12.3. The molecular formula is C13H17NO7S2. The Morgan fingerprint density at radius 3 is 2.48 bits per heavy atom. The number of carbonyl (C=O) groups is 2. The molecule has 0 aliphatic rings. The van der Waals surface area contributed by atoms with E-state index in [1.165, 1.54) is 24.9 Å². The van der Waals surface area contributed by atoms with Crippen LogP contribution in [0.15, 0.2) is 23.1 Å². The zero-order chi connectivity index (χ0) is 17.6. The quantitative estimate of drug-likeness (QED) is 0.589. The van der Waals surface area contributed by atoms with Gasteiger partial charge in [-0.2, -0.15) is 16.5 Å². The molecule has 0 fully saturated rings. The summed E-state index contributed by atoms with van der Waals surface area (Å²) in [5.74, 6) is -2.18. The van der Waals surface area contributed by atoms with Crippen LogP contribution in [0.1, 0.15) is 16.8 Å². The number of thioether (sulfide) groups is 1. The van der Waals surface area contributed by atoms with Crippen molar-refractivity contribution in [2.45, 2.75) is 17.4 Å². The van der Waals surface area contributed by atoms with E-state index in [4.69, 9.17) is 14.9 Å². The van der Waals surface area contributed by atoms with E-state index in [0.29, 0.717) is 5.75 Å². The summed E-state index contributed by atoms with van der Waals surface area (Å²) in [5, 5.41) is 18.2. The van der Waals surface area contributed by atoms with E-state index >= 15 is 0 Å². The molecule has 0 saturated heterocycles. The van der Waals surface area contributed by atoms with E-state index in [2.05, 4.69) is 4.72 Å². The first-order valence-electron chi connectivity index (χ1n) is 6.38. The standard InChI is InChI=1S/C13H17NO7S2/c1-21-11-4-3-8(7-9(11)12(15)16)23(19,20)14-10(13(17)18)5-6-22-2/h3-4,7,10,14H,5-6H2,1-2H3,(H,15,16)(H,17,18)/t10-/m0/s1. The van der Waals surface area contributed by atoms with Gasteiger partial charge in [-0.05, 0) is 36.6 Å². The lowest BCUT2D eigenvalue weighted by Gasteiger charge is -2.15. The van der Waals surface area contributed by atoms with Gasteiger partial charge in [0, 0.05) is 0 Å². The normalized spacial score (nSPS) is 12.6. The first-order chi connectivity index (χ1) is 10.7. The number of carboxylic acid groups (broad SMARTS) is 2. The van der Waals surface area contributed by atoms with Crippen LogP contribution in [0.2, 0.25) is 0 Å². The lowest BCUT2D eigenvalue weighted by Crippen LogP contribution is -2.41. The monoisotopic (exact) mass is 363 g/mol. The van der Waals surface area contributed by atoms with Gasteiger partial charge in [-0.1, -0.05) is 0 Å². The van der Waals surface area contributed by atoms with Gasteiger partial charge >= 0.3 is 11.9 Å². The minimum absolute atomic E-state index is 0.00798. The second-order valence-electron chi connectivity index (χ2n) is 4.46. The van der Waals surface area contributed by atoms with Crippen LogP contribution in [-0.4, -0.2) is 55.7 Å². The molecule has 0 radical (unpaired) electrons. The Hall–Kier alpha value is -1.78. The number of aliphatic carboxylic acids is 1. The number of ether oxygens (including phenoxy) is 1. The molecular weight excluding hydrogens is 346 g/mol. The SMILES string of the molecule is COc1ccc(S(=O)(=O)N[C@@H](CCSC)C(=O)O)cc1C(=O)O. The van der Waals surface area contributed by atoms with Gasteiger partial charge in [-0.3, -0.25) is 4.79 Å². The summed E-state index contributed by atoms with van der Waals surface area (Å²) >= 11 is 1.39. The minimum Gasteiger partial charge on any atom is -0.496 e. The predicted molar refractivity (Wildman–Crippen MR) is 84.7 cm³/mol. The molecule has 10 heteroatoms. The number of sulfonamides is 1. The molecule has 1 rings (SSSR count). The Labute approximate surface area is 137 Å². The first-order valence-corrected chi connectivity index (χ1v) is 9.26. The van der Waals surface area contributed by atoms with Crippen LogP contribution in [0.25, 0.3) is 0 Å². The summed E-state index contributed by atoms with van der Waals surface area (Å²) in [6.07, 6.45) is 1.88. The molecule has 0 spiro atoms. The van der Waals surface area contributed by atoms with E-state index in [1.54, 1.807) is 6.26 Å². The molecule has 0 bridgehead atoms. The molecule has 0 saturated carbocycles. The minimum atomic E-state index is -4.17. The number of benzene rings is 1. The van der Waals surface area contributed by atoms with E-state index in [-0.39, 0.29) is 22.6 Å². The summed E-state index contributed by atoms with van der Waals surface area (Å²) in [7, 11) is -2.91. The summed E-state index contributed by atoms with van der Waals surface area (Å²) in [6.45, 7) is 0. The highest BCUT2D eigenvalue weighted by Gasteiger charge is 2.26. The van der Waals surface area contributed by atoms with Crippen LogP contribution in [0.4, 0.5) is 0 Å². The van der Waals surface area contributed by atoms with Crippen LogP contribution < -0.4 is 9.46 Å². The Bertz CT molecular complexity index is 688. The van der Waals surface area contributed by atoms with Gasteiger partial charge in [-0.25, -0.2) is 13.2 Å². The molecule has 0 unspecified atom stereocenters. The lowest BCUT2D eigenvalue weighted by atomic mass is 10.2. The lowest BCUT2D eigenvalue weighted by molar-refractivity contribution is -0.139. The zero-order valence-electron chi connectivity index (χ0n) is 12.5. The fourth-order valence-electron chi connectivity index (χ4n) is 1.75. The third-order valence-electron chi connectivity index (χ3n) is 2.92. The summed E-state index contributed by atoms with van der Waals surface area (Å²) in [4.78, 5) is 21.9. The topological polar surface area (TPSA) is 130 Å². The van der Waals surface area contributed by atoms with Crippen molar-refractivity contribution in [1.29, 1.82) is 0 Å². The largest absolute Gasteiger partial charge is 0.496 e. The number of carboxylic acids is 2. The van der Waals surface area contributed by atoms with Crippen LogP contribution in [0.5, 0.6) is 5.75 Å². The molecule has 0 heterocycles. The average molecular weight is 363 g/mol. The second kappa shape index (κ2) is 8.18. The summed E-state index contributed by atoms with van der Waals surface area (Å²) in [6, 6.07) is 2.00. The molecule has 23 heavy (non-hydrogen) atoms. The number of methoxy groups -OCH3 is 1. The van der Waals surface area contributed by atoms with Gasteiger partial charge in [-0.15, -0.1) is 0 Å². The number of hydrogen-bond donors (Lipinski definition) is 3. The van der Waals surface area contributed by atoms with Gasteiger partial charge in [0.2, 0.25) is 10.0 Å². The van der Waals surface area contributed by atoms with Crippen LogP contribution in [-0.2, 0) is 14.8 Å². The molecule has 3 N–H and O–H groups in total. The smallest absolute Gasteiger partial charge is 0.339 e. The number of nitrogens with one attached hydrogen (secondary N) is 1. The van der Waals surface area contributed by atoms with Crippen molar-refractivity contribution in [3.63, 3.8) is 0 Å². The molecule has 1 atom stereocenters. The van der Waals surface area contributed by atoms with Crippen molar-refractivity contribution in [1.82, 2.24) is 4.72 Å². The van der Waals surface area contributed by atoms with Gasteiger partial charge in [0.1, 0.15) is 17.4 Å². The van der Waals surface area contributed by atoms with Crippen molar-refractivity contribution in [3.8, 4) is 5.75 Å². The van der Waals surface area contributed by atoms with Crippen molar-refractivity contribution in [2.75, 3.05) is 19.1 Å². The fraction of sp³-hybridized carbons (Fsp3) is 0.385. The number of rotatable bonds is 9. The molecule has 0 aromatic heterocycles. The first kappa shape index (κ1) is 19.3. The van der Waals surface area contributed by atoms with Crippen LogP contribution in [0, 0.1) is 0 Å². The highest BCUT2D eigenvalue weighted by molar-refractivity contribution is 7.98. The maximum Gasteiger partial charge on any atom is 0.339 e. The number of hydrogen-bond acceptors (Lipinski definition) is 6. The summed E-state index contributed by atoms with van der Waals surface area (Å²) in [5.41, 5.74) is -0.327. The Morgan fingerprint density at radius 2 is 2.00 bits per heavy atom. The van der Waals surface area contributed by atoms with Crippen molar-refractivity contribution < 1.29 is 33.0 Å². The Balaban J connectivity index is 3.14. The van der Waals surface area contributed by atoms with Crippen LogP contribution in [0.3, 0.4) is 0 Å². The molecule has 1 aromatic carbocycles. The molecule has 128 valence electrons. The van der Waals surface area contributed by atoms with Gasteiger partial charge in [0.15, 0.2) is 0 Å². The van der Waals surface area contributed by atoms with E-state index in [1.807, 2.05) is 0 Å². The van der Waals surface area contributed by atoms with E-state index < -0.39 is 28.0 Å². The third-order valence-corrected chi connectivity index (χ3v) is 5.03. The van der Waals surface area contributed by atoms with Crippen LogP contribution >= 0.6 is 11.8 Å². The molecule has 0 aliphatic heterocycles. The predicted octanol–water partition coefficient (Wildman–Crippen LogP) is 0.878. The maximum atomic E-state index is 12.3. The highest BCUT2D eigenvalue weighted by atomic mass is 32.2. The van der Waals surface area contributed by atoms with Crippen molar-refractivity contribution >= 4 is 33.7 Å². The van der Waals surface area contributed by atoms with E-state index in [9.17, 15) is 18.0 Å².